The van der Waals surface area contributed by atoms with Crippen LogP contribution in [0.25, 0.3) is 0 Å². The first-order chi connectivity index (χ1) is 63.4. The Kier molecular flexibility index (Phi) is 34.2. The van der Waals surface area contributed by atoms with E-state index < -0.39 is 144 Å². The van der Waals surface area contributed by atoms with Crippen molar-refractivity contribution >= 4 is 94.2 Å². The highest BCUT2D eigenvalue weighted by molar-refractivity contribution is 6.08. The molecule has 0 fully saturated rings. The second-order valence-corrected chi connectivity index (χ2v) is 30.8. The van der Waals surface area contributed by atoms with Gasteiger partial charge in [-0.1, -0.05) is 54.6 Å². The Labute approximate surface area is 758 Å². The Balaban J connectivity index is 0.778. The van der Waals surface area contributed by atoms with Gasteiger partial charge in [0.1, 0.15) is 19.6 Å². The van der Waals surface area contributed by atoms with Gasteiger partial charge in [-0.05, 0) is 218 Å². The summed E-state index contributed by atoms with van der Waals surface area (Å²) in [5, 5.41) is 35.6. The summed E-state index contributed by atoms with van der Waals surface area (Å²) in [5.74, 6) is -7.09. The SMILES string of the molecule is CCOC(=O)C1=CN(c2cccc(C(F)(F)F)c2)C(=O)N(CC(=O)NCCCCCNC(=O)c2cc(C(=O)NCCCCCNC(=O)CN3C(=O)N(c4cccc(C(F)(F)F)c4)C(C)=C(C(=O)OCC)C3c3ccc(N)cc3)cc(C(=O)NCCCCCNC(=O)CN3C(=O)N(c4cccc(C(F)(F)F)c4)C(C)=C(C(=O)OCC)C3c3ccc(C#N)cc3)c2)C1c1ccc(C#N)cc1. The first-order valence-electron chi connectivity index (χ1n) is 42.5. The van der Waals surface area contributed by atoms with E-state index in [2.05, 4.69) is 31.9 Å². The summed E-state index contributed by atoms with van der Waals surface area (Å²) < 4.78 is 143. The quantitative estimate of drug-likeness (QED) is 0.00618. The van der Waals surface area contributed by atoms with Gasteiger partial charge in [-0.25, -0.2) is 28.8 Å². The molecule has 0 saturated heterocycles. The van der Waals surface area contributed by atoms with Gasteiger partial charge in [0.05, 0.1) is 112 Å². The van der Waals surface area contributed by atoms with Gasteiger partial charge < -0.3 is 66.5 Å². The van der Waals surface area contributed by atoms with Crippen molar-refractivity contribution in [1.82, 2.24) is 46.6 Å². The molecule has 0 aliphatic carbocycles. The highest BCUT2D eigenvalue weighted by Gasteiger charge is 2.48. The van der Waals surface area contributed by atoms with Gasteiger partial charge in [0, 0.05) is 79.2 Å². The molecule has 3 aliphatic rings. The van der Waals surface area contributed by atoms with Crippen LogP contribution in [0.2, 0.25) is 0 Å². The lowest BCUT2D eigenvalue weighted by molar-refractivity contribution is -0.140. The number of hydrogen-bond donors (Lipinski definition) is 7. The predicted molar refractivity (Wildman–Crippen MR) is 467 cm³/mol. The molecule has 0 spiro atoms. The molecular weight excluding hydrogens is 1750 g/mol. The molecule has 0 saturated carbocycles. The highest BCUT2D eigenvalue weighted by Crippen LogP contribution is 2.45. The topological polar surface area (TPSA) is 398 Å². The molecular formula is C94H96F9N15O15. The van der Waals surface area contributed by atoms with E-state index in [1.54, 1.807) is 0 Å². The third-order valence-corrected chi connectivity index (χ3v) is 21.6. The van der Waals surface area contributed by atoms with E-state index in [1.807, 2.05) is 12.1 Å². The van der Waals surface area contributed by atoms with Gasteiger partial charge in [-0.3, -0.25) is 43.5 Å². The van der Waals surface area contributed by atoms with Gasteiger partial charge in [0.25, 0.3) is 17.7 Å². The van der Waals surface area contributed by atoms with Gasteiger partial charge in [0.15, 0.2) is 0 Å². The third-order valence-electron chi connectivity index (χ3n) is 21.6. The van der Waals surface area contributed by atoms with E-state index in [4.69, 9.17) is 19.9 Å². The molecule has 3 aliphatic heterocycles. The summed E-state index contributed by atoms with van der Waals surface area (Å²) >= 11 is 0. The average molecular weight is 1850 g/mol. The second kappa shape index (κ2) is 45.5. The van der Waals surface area contributed by atoms with E-state index in [0.717, 1.165) is 84.1 Å². The average Bonchev–Trinajstić information content (AvgIpc) is 0.748. The monoisotopic (exact) mass is 1850 g/mol. The number of nitrogens with one attached hydrogen (secondary N) is 6. The number of allylic oxidation sites excluding steroid dienone is 2. The second-order valence-electron chi connectivity index (χ2n) is 30.8. The number of esters is 3. The Morgan fingerprint density at radius 1 is 0.383 bits per heavy atom. The van der Waals surface area contributed by atoms with Crippen molar-refractivity contribution in [3.63, 3.8) is 0 Å². The first kappa shape index (κ1) is 100. The Hall–Kier alpha value is -15.1. The molecule has 3 atom stereocenters. The number of urea groups is 3. The molecule has 3 unspecified atom stereocenters. The molecule has 7 aromatic carbocycles. The molecule has 0 radical (unpaired) electrons. The molecule has 30 nitrogen and oxygen atoms in total. The fourth-order valence-corrected chi connectivity index (χ4v) is 15.2. The van der Waals surface area contributed by atoms with Gasteiger partial charge in [-0.15, -0.1) is 0 Å². The Morgan fingerprint density at radius 3 is 1.02 bits per heavy atom. The number of carbonyl (C=O) groups is 12. The summed E-state index contributed by atoms with van der Waals surface area (Å²) in [7, 11) is 0. The number of nitrogen functional groups attached to an aromatic ring is 1. The number of halogens is 9. The minimum absolute atomic E-state index is 0.00695. The molecule has 39 heteroatoms. The Morgan fingerprint density at radius 2 is 0.684 bits per heavy atom. The van der Waals surface area contributed by atoms with Crippen molar-refractivity contribution < 1.29 is 111 Å². The van der Waals surface area contributed by atoms with Crippen molar-refractivity contribution in [3.8, 4) is 12.1 Å². The van der Waals surface area contributed by atoms with E-state index in [9.17, 15) is 108 Å². The van der Waals surface area contributed by atoms with Crippen molar-refractivity contribution in [3.05, 3.63) is 259 Å². The number of nitrogens with two attached hydrogens (primary N) is 1. The van der Waals surface area contributed by atoms with Crippen LogP contribution >= 0.6 is 0 Å². The maximum Gasteiger partial charge on any atom is 0.416 e. The van der Waals surface area contributed by atoms with Crippen molar-refractivity contribution in [2.45, 2.75) is 129 Å². The van der Waals surface area contributed by atoms with Crippen molar-refractivity contribution in [2.75, 3.05) is 99.2 Å². The van der Waals surface area contributed by atoms with E-state index in [-0.39, 0.29) is 143 Å². The van der Waals surface area contributed by atoms with E-state index >= 15 is 0 Å². The highest BCUT2D eigenvalue weighted by atomic mass is 19.4. The smallest absolute Gasteiger partial charge is 0.416 e. The fourth-order valence-electron chi connectivity index (χ4n) is 15.2. The standard InChI is InChI=1S/C94H96F9N15O15/c1-6-131-86(125)74-53-113(71-24-18-21-67(48-71)92(95,96)97)89(128)114(80(74)61-31-27-59(51-104)28-32-61)54-75(119)107-39-12-9-15-42-110-83(122)64-45-65(84(123)111-43-16-10-13-40-108-76(120)55-115-81(62-33-29-60(52-105)30-34-62)78(87(126)132-7-2)57(4)117(90(115)129)72-25-19-22-68(49-72)93(98,99)100)47-66(46-64)85(124)112-44-17-11-14-41-109-77(121)56-116-82(63-35-37-70(106)38-36-63)79(88(127)133-8-3)58(5)118(91(116)130)73-26-20-23-69(50-73)94(101,102)103/h18-38,45-50,53,80-82H,6-17,39-44,54-56,106H2,1-5H3,(H,107,119)(H,108,120)(H,109,121)(H,110,122)(H,111,123)(H,112,124). The Bertz CT molecular complexity index is 5680. The summed E-state index contributed by atoms with van der Waals surface area (Å²) in [6, 6.07) is 30.1. The molecule has 700 valence electrons. The first-order valence-corrected chi connectivity index (χ1v) is 42.5. The zero-order chi connectivity index (χ0) is 96.6. The summed E-state index contributed by atoms with van der Waals surface area (Å²) in [6.07, 6.45) is -10.5. The summed E-state index contributed by atoms with van der Waals surface area (Å²) in [5.41, 5.74) is 2.53. The molecule has 10 rings (SSSR count). The molecule has 12 amide bonds. The maximum absolute atomic E-state index is 14.7. The molecule has 133 heavy (non-hydrogen) atoms. The van der Waals surface area contributed by atoms with Crippen LogP contribution < -0.4 is 52.3 Å². The van der Waals surface area contributed by atoms with Crippen LogP contribution in [0.15, 0.2) is 198 Å². The maximum atomic E-state index is 14.7. The number of anilines is 4. The number of benzene rings is 7. The zero-order valence-electron chi connectivity index (χ0n) is 72.9. The fraction of sp³-hybridized carbons (Fsp3) is 0.340. The molecule has 0 aromatic heterocycles. The number of unbranched alkanes of at least 4 members (excludes halogenated alkanes) is 6. The molecule has 3 heterocycles. The van der Waals surface area contributed by atoms with Gasteiger partial charge in [-0.2, -0.15) is 50.0 Å². The molecule has 8 N–H and O–H groups in total. The van der Waals surface area contributed by atoms with Crippen LogP contribution in [0, 0.1) is 22.7 Å². The lowest BCUT2D eigenvalue weighted by atomic mass is 9.92. The zero-order valence-corrected chi connectivity index (χ0v) is 72.9. The van der Waals surface area contributed by atoms with Crippen LogP contribution in [0.3, 0.4) is 0 Å². The number of hydrogen-bond acceptors (Lipinski definition) is 18. The van der Waals surface area contributed by atoms with Crippen LogP contribution in [0.5, 0.6) is 0 Å². The lowest BCUT2D eigenvalue weighted by Crippen LogP contribution is -2.53. The number of carbonyl (C=O) groups excluding carboxylic acids is 12. The van der Waals surface area contributed by atoms with Gasteiger partial charge >= 0.3 is 54.5 Å². The number of ether oxygens (including phenoxy) is 3. The largest absolute Gasteiger partial charge is 0.463 e. The molecule has 7 aromatic rings. The van der Waals surface area contributed by atoms with Crippen LogP contribution in [-0.4, -0.2) is 165 Å². The normalized spacial score (nSPS) is 15.3. The number of amides is 12. The van der Waals surface area contributed by atoms with Crippen LogP contribution in [0.1, 0.15) is 186 Å². The lowest BCUT2D eigenvalue weighted by Gasteiger charge is -2.42. The van der Waals surface area contributed by atoms with Crippen molar-refractivity contribution in [1.29, 1.82) is 10.5 Å². The van der Waals surface area contributed by atoms with Crippen LogP contribution in [0.4, 0.5) is 76.6 Å². The van der Waals surface area contributed by atoms with Crippen molar-refractivity contribution in [2.24, 2.45) is 0 Å². The number of rotatable bonds is 39. The molecule has 0 bridgehead atoms. The van der Waals surface area contributed by atoms with E-state index in [1.165, 1.54) is 144 Å². The number of alkyl halides is 9. The van der Waals surface area contributed by atoms with Crippen LogP contribution in [-0.2, 0) is 61.5 Å². The predicted octanol–water partition coefficient (Wildman–Crippen LogP) is 14.3. The number of nitriles is 2. The van der Waals surface area contributed by atoms with E-state index in [0.29, 0.717) is 75.1 Å². The summed E-state index contributed by atoms with van der Waals surface area (Å²) in [4.78, 5) is 175. The van der Waals surface area contributed by atoms with Gasteiger partial charge in [0.2, 0.25) is 17.7 Å². The minimum atomic E-state index is -4.83. The summed E-state index contributed by atoms with van der Waals surface area (Å²) in [6.45, 7) is 4.89. The minimum Gasteiger partial charge on any atom is -0.463 e. The number of nitrogens with zero attached hydrogens (tertiary/aromatic N) is 8. The third kappa shape index (κ3) is 25.5.